The fraction of sp³-hybridized carbons (Fsp3) is 0.522. The zero-order chi connectivity index (χ0) is 41.3. The molecule has 5 fully saturated rings. The molecule has 7 heterocycles. The van der Waals surface area contributed by atoms with E-state index in [0.29, 0.717) is 55.8 Å². The van der Waals surface area contributed by atoms with Gasteiger partial charge in [0, 0.05) is 80.9 Å². The maximum absolute atomic E-state index is 13.4. The van der Waals surface area contributed by atoms with Gasteiger partial charge in [-0.2, -0.15) is 0 Å². The summed E-state index contributed by atoms with van der Waals surface area (Å²) < 4.78 is 0. The zero-order valence-electron chi connectivity index (χ0n) is 34.6. The summed E-state index contributed by atoms with van der Waals surface area (Å²) in [4.78, 5) is 71.1. The quantitative estimate of drug-likeness (QED) is 0.260. The molecule has 4 amide bonds. The molecule has 60 heavy (non-hydrogen) atoms. The number of primary amides is 1. The summed E-state index contributed by atoms with van der Waals surface area (Å²) in [6.45, 7) is 12.1. The average molecular weight is 815 g/mol. The lowest BCUT2D eigenvalue weighted by molar-refractivity contribution is -0.130. The highest BCUT2D eigenvalue weighted by Crippen LogP contribution is 2.34. The second-order valence-electron chi connectivity index (χ2n) is 17.7. The normalized spacial score (nSPS) is 23.5. The maximum Gasteiger partial charge on any atom is 0.271 e. The third-order valence-electron chi connectivity index (χ3n) is 13.9. The van der Waals surface area contributed by atoms with Crippen LogP contribution in [0.4, 0.5) is 23.0 Å². The molecule has 0 radical (unpaired) electrons. The number of hydrogen-bond acceptors (Lipinski definition) is 10. The van der Waals surface area contributed by atoms with Gasteiger partial charge in [0.2, 0.25) is 11.8 Å². The summed E-state index contributed by atoms with van der Waals surface area (Å²) in [5, 5.41) is 6.15. The standard InChI is InChI=1S/C46H58N10O4/c1-30-6-13-39(45(59)49-30)56-25-18-34-26-36(11-12-38(34)46(56)60)53-23-14-31(15-24-53)28-52-21-16-33(17-22-52)32-7-9-35(10-8-32)50-44-42(43(47)58)48-27-40(51-44)54-19-2-4-37(29-54)55-20-3-5-41(55)57/h7-12,26-27,31,33,37,39H,1-6,13-25,28-29H2,(H2,47,58)(H,49,59)(H,50,51)/t37-,39?/m0/s1. The number of likely N-dealkylation sites (tertiary alicyclic amines) is 2. The van der Waals surface area contributed by atoms with Gasteiger partial charge in [-0.25, -0.2) is 9.97 Å². The second kappa shape index (κ2) is 17.2. The van der Waals surface area contributed by atoms with Crippen molar-refractivity contribution in [2.45, 2.75) is 88.6 Å². The Balaban J connectivity index is 0.743. The first-order valence-corrected chi connectivity index (χ1v) is 22.1. The number of nitrogens with one attached hydrogen (secondary N) is 2. The fourth-order valence-electron chi connectivity index (χ4n) is 10.5. The lowest BCUT2D eigenvalue weighted by atomic mass is 9.88. The van der Waals surface area contributed by atoms with Gasteiger partial charge in [-0.1, -0.05) is 18.7 Å². The van der Waals surface area contributed by atoms with Gasteiger partial charge < -0.3 is 40.9 Å². The number of aromatic nitrogens is 2. The largest absolute Gasteiger partial charge is 0.372 e. The summed E-state index contributed by atoms with van der Waals surface area (Å²) in [5.74, 6) is 1.63. The van der Waals surface area contributed by atoms with Crippen LogP contribution in [0.15, 0.2) is 60.9 Å². The molecule has 14 heteroatoms. The van der Waals surface area contributed by atoms with E-state index in [0.717, 1.165) is 120 Å². The highest BCUT2D eigenvalue weighted by Gasteiger charge is 2.37. The van der Waals surface area contributed by atoms with Crippen molar-refractivity contribution in [1.82, 2.24) is 30.0 Å². The summed E-state index contributed by atoms with van der Waals surface area (Å²) in [6, 6.07) is 14.5. The van der Waals surface area contributed by atoms with Gasteiger partial charge in [0.25, 0.3) is 11.8 Å². The van der Waals surface area contributed by atoms with E-state index in [-0.39, 0.29) is 29.5 Å². The molecule has 1 unspecified atom stereocenters. The van der Waals surface area contributed by atoms with Crippen LogP contribution in [0.2, 0.25) is 0 Å². The average Bonchev–Trinajstić information content (AvgIpc) is 3.70. The predicted molar refractivity (Wildman–Crippen MR) is 231 cm³/mol. The lowest BCUT2D eigenvalue weighted by Gasteiger charge is -2.39. The molecule has 6 aliphatic rings. The third-order valence-corrected chi connectivity index (χ3v) is 13.9. The van der Waals surface area contributed by atoms with Crippen LogP contribution in [-0.2, 0) is 16.0 Å². The Hall–Kier alpha value is -5.50. The molecule has 1 aromatic heterocycles. The Labute approximate surface area is 352 Å². The van der Waals surface area contributed by atoms with Gasteiger partial charge in [-0.05, 0) is 131 Å². The first kappa shape index (κ1) is 39.9. The number of piperidine rings is 4. The molecule has 0 aliphatic carbocycles. The number of rotatable bonds is 10. The van der Waals surface area contributed by atoms with Crippen molar-refractivity contribution in [2.24, 2.45) is 11.7 Å². The molecule has 0 bridgehead atoms. The number of nitrogens with two attached hydrogens (primary N) is 1. The van der Waals surface area contributed by atoms with Crippen LogP contribution in [0.1, 0.15) is 102 Å². The van der Waals surface area contributed by atoms with Gasteiger partial charge in [0.1, 0.15) is 11.9 Å². The van der Waals surface area contributed by atoms with E-state index in [2.05, 4.69) is 73.3 Å². The zero-order valence-corrected chi connectivity index (χ0v) is 34.6. The van der Waals surface area contributed by atoms with Crippen LogP contribution in [0.3, 0.4) is 0 Å². The maximum atomic E-state index is 13.4. The first-order valence-electron chi connectivity index (χ1n) is 22.1. The highest BCUT2D eigenvalue weighted by molar-refractivity contribution is 6.00. The van der Waals surface area contributed by atoms with Crippen LogP contribution < -0.4 is 26.2 Å². The van der Waals surface area contributed by atoms with Crippen LogP contribution in [0.25, 0.3) is 0 Å². The molecule has 14 nitrogen and oxygen atoms in total. The number of amides is 4. The minimum Gasteiger partial charge on any atom is -0.372 e. The van der Waals surface area contributed by atoms with Gasteiger partial charge in [-0.15, -0.1) is 0 Å². The monoisotopic (exact) mass is 814 g/mol. The Bertz CT molecular complexity index is 2130. The SMILES string of the molecule is C=C1CCC(N2CCc3cc(N4CCC(CN5CCC(c6ccc(Nc7nc(N8CCC[C@H](N9CCCC9=O)C8)cnc7C(N)=O)cc6)CC5)CC4)ccc3C2=O)C(=O)N1. The van der Waals surface area contributed by atoms with Crippen LogP contribution in [0.5, 0.6) is 0 Å². The van der Waals surface area contributed by atoms with Crippen molar-refractivity contribution in [3.8, 4) is 0 Å². The smallest absolute Gasteiger partial charge is 0.271 e. The molecule has 316 valence electrons. The summed E-state index contributed by atoms with van der Waals surface area (Å²) >= 11 is 0. The minimum atomic E-state index is -0.633. The summed E-state index contributed by atoms with van der Waals surface area (Å²) in [7, 11) is 0. The molecule has 0 saturated carbocycles. The number of hydrogen-bond donors (Lipinski definition) is 3. The third kappa shape index (κ3) is 8.43. The van der Waals surface area contributed by atoms with Crippen molar-refractivity contribution in [3.63, 3.8) is 0 Å². The van der Waals surface area contributed by atoms with E-state index < -0.39 is 11.9 Å². The van der Waals surface area contributed by atoms with Crippen LogP contribution in [0, 0.1) is 5.92 Å². The number of benzene rings is 2. The number of carbonyl (C=O) groups excluding carboxylic acids is 4. The molecular weight excluding hydrogens is 757 g/mol. The van der Waals surface area contributed by atoms with Gasteiger partial charge >= 0.3 is 0 Å². The predicted octanol–water partition coefficient (Wildman–Crippen LogP) is 4.80. The molecule has 6 aliphatic heterocycles. The van der Waals surface area contributed by atoms with Crippen molar-refractivity contribution < 1.29 is 19.2 Å². The van der Waals surface area contributed by atoms with E-state index >= 15 is 0 Å². The number of carbonyl (C=O) groups is 4. The van der Waals surface area contributed by atoms with Gasteiger partial charge in [0.05, 0.1) is 6.20 Å². The summed E-state index contributed by atoms with van der Waals surface area (Å²) in [6.07, 6.45) is 11.8. The molecular formula is C46H58N10O4. The van der Waals surface area contributed by atoms with Crippen LogP contribution in [-0.4, -0.2) is 119 Å². The van der Waals surface area contributed by atoms with E-state index in [4.69, 9.17) is 10.7 Å². The molecule has 9 rings (SSSR count). The Morgan fingerprint density at radius 1 is 0.833 bits per heavy atom. The van der Waals surface area contributed by atoms with E-state index in [1.165, 1.54) is 11.3 Å². The highest BCUT2D eigenvalue weighted by atomic mass is 16.2. The molecule has 5 saturated heterocycles. The Morgan fingerprint density at radius 2 is 1.63 bits per heavy atom. The lowest BCUT2D eigenvalue weighted by Crippen LogP contribution is -2.53. The first-order chi connectivity index (χ1) is 29.2. The topological polar surface area (TPSA) is 160 Å². The Morgan fingerprint density at radius 3 is 2.37 bits per heavy atom. The number of allylic oxidation sites excluding steroid dienone is 1. The molecule has 2 atom stereocenters. The van der Waals surface area contributed by atoms with E-state index in [9.17, 15) is 19.2 Å². The van der Waals surface area contributed by atoms with Crippen molar-refractivity contribution in [2.75, 3.05) is 74.0 Å². The summed E-state index contributed by atoms with van der Waals surface area (Å²) in [5.41, 5.74) is 11.7. The van der Waals surface area contributed by atoms with E-state index in [1.807, 2.05) is 11.0 Å². The van der Waals surface area contributed by atoms with E-state index in [1.54, 1.807) is 11.1 Å². The van der Waals surface area contributed by atoms with Crippen LogP contribution >= 0.6 is 0 Å². The Kier molecular flexibility index (Phi) is 11.5. The number of fused-ring (bicyclic) bond motifs is 1. The second-order valence-corrected chi connectivity index (χ2v) is 17.7. The molecule has 4 N–H and O–H groups in total. The van der Waals surface area contributed by atoms with Gasteiger partial charge in [-0.3, -0.25) is 19.2 Å². The molecule has 0 spiro atoms. The number of anilines is 4. The molecule has 3 aromatic rings. The number of nitrogens with zero attached hydrogens (tertiary/aromatic N) is 7. The fourth-order valence-corrected chi connectivity index (χ4v) is 10.5. The minimum absolute atomic E-state index is 0.0415. The van der Waals surface area contributed by atoms with Gasteiger partial charge in [0.15, 0.2) is 11.5 Å². The van der Waals surface area contributed by atoms with Crippen molar-refractivity contribution >= 4 is 46.6 Å². The van der Waals surface area contributed by atoms with Crippen molar-refractivity contribution in [3.05, 3.63) is 83.3 Å². The van der Waals surface area contributed by atoms with Crippen molar-refractivity contribution in [1.29, 1.82) is 0 Å². The molecule has 2 aromatic carbocycles.